The second-order valence-electron chi connectivity index (χ2n) is 5.87. The molecule has 0 atom stereocenters. The molecule has 0 saturated heterocycles. The maximum atomic E-state index is 6.06. The van der Waals surface area contributed by atoms with Gasteiger partial charge in [0.25, 0.3) is 0 Å². The molecular weight excluding hydrogens is 293 g/mol. The summed E-state index contributed by atoms with van der Waals surface area (Å²) in [7, 11) is 0. The summed E-state index contributed by atoms with van der Waals surface area (Å²) in [5, 5.41) is 8.98. The Hall–Kier alpha value is -1.03. The van der Waals surface area contributed by atoms with Crippen LogP contribution in [0.15, 0.2) is 24.4 Å². The lowest BCUT2D eigenvalue weighted by Crippen LogP contribution is -2.35. The van der Waals surface area contributed by atoms with E-state index < -0.39 is 0 Å². The molecule has 5 heteroatoms. The number of benzene rings is 1. The van der Waals surface area contributed by atoms with Crippen molar-refractivity contribution in [3.05, 3.63) is 45.7 Å². The van der Waals surface area contributed by atoms with Gasteiger partial charge in [0.1, 0.15) is 0 Å². The third-order valence-corrected chi connectivity index (χ3v) is 3.81. The Morgan fingerprint density at radius 3 is 2.50 bits per heavy atom. The summed E-state index contributed by atoms with van der Waals surface area (Å²) in [5.41, 5.74) is 3.27. The number of nitrogens with one attached hydrogen (secondary N) is 1. The molecule has 3 nitrogen and oxygen atoms in total. The Kier molecular flexibility index (Phi) is 4.43. The van der Waals surface area contributed by atoms with Crippen LogP contribution in [-0.2, 0) is 6.54 Å². The molecule has 0 bridgehead atoms. The lowest BCUT2D eigenvalue weighted by molar-refractivity contribution is 0.424. The molecule has 0 spiro atoms. The molecule has 0 aliphatic heterocycles. The largest absolute Gasteiger partial charge is 0.308 e. The number of nitrogens with zero attached hydrogens (tertiary/aromatic N) is 2. The van der Waals surface area contributed by atoms with Crippen molar-refractivity contribution in [2.24, 2.45) is 0 Å². The molecule has 1 aromatic carbocycles. The summed E-state index contributed by atoms with van der Waals surface area (Å²) in [5.74, 6) is 0. The van der Waals surface area contributed by atoms with E-state index in [9.17, 15) is 0 Å². The topological polar surface area (TPSA) is 29.9 Å². The van der Waals surface area contributed by atoms with E-state index in [1.165, 1.54) is 5.56 Å². The van der Waals surface area contributed by atoms with E-state index in [-0.39, 0.29) is 5.54 Å². The Bertz CT molecular complexity index is 612. The summed E-state index contributed by atoms with van der Waals surface area (Å²) >= 11 is 12.0. The van der Waals surface area contributed by atoms with Gasteiger partial charge in [-0.25, -0.2) is 4.68 Å². The SMILES string of the molecule is Cc1c(CNC(C)(C)C)cnn1-c1ccc(Cl)c(Cl)c1. The van der Waals surface area contributed by atoms with Crippen molar-refractivity contribution in [2.75, 3.05) is 0 Å². The van der Waals surface area contributed by atoms with Crippen LogP contribution in [-0.4, -0.2) is 15.3 Å². The van der Waals surface area contributed by atoms with E-state index in [1.807, 2.05) is 23.0 Å². The van der Waals surface area contributed by atoms with E-state index in [1.54, 1.807) is 6.07 Å². The van der Waals surface area contributed by atoms with E-state index >= 15 is 0 Å². The molecule has 0 unspecified atom stereocenters. The monoisotopic (exact) mass is 311 g/mol. The molecule has 0 fully saturated rings. The van der Waals surface area contributed by atoms with E-state index in [0.29, 0.717) is 10.0 Å². The summed E-state index contributed by atoms with van der Waals surface area (Å²) < 4.78 is 1.88. The first-order chi connectivity index (χ1) is 9.28. The van der Waals surface area contributed by atoms with Crippen LogP contribution in [0.4, 0.5) is 0 Å². The van der Waals surface area contributed by atoms with Crippen LogP contribution in [0.5, 0.6) is 0 Å². The fourth-order valence-electron chi connectivity index (χ4n) is 1.85. The second kappa shape index (κ2) is 5.76. The van der Waals surface area contributed by atoms with Crippen LogP contribution in [0.25, 0.3) is 5.69 Å². The van der Waals surface area contributed by atoms with E-state index in [0.717, 1.165) is 17.9 Å². The molecular formula is C15H19Cl2N3. The Balaban J connectivity index is 2.26. The number of rotatable bonds is 3. The first-order valence-electron chi connectivity index (χ1n) is 6.52. The van der Waals surface area contributed by atoms with Crippen molar-refractivity contribution in [3.63, 3.8) is 0 Å². The molecule has 1 N–H and O–H groups in total. The fourth-order valence-corrected chi connectivity index (χ4v) is 2.15. The smallest absolute Gasteiger partial charge is 0.0664 e. The molecule has 1 heterocycles. The average molecular weight is 312 g/mol. The molecule has 0 aliphatic carbocycles. The first kappa shape index (κ1) is 15.4. The molecule has 20 heavy (non-hydrogen) atoms. The number of aromatic nitrogens is 2. The minimum atomic E-state index is 0.0815. The molecule has 2 aromatic rings. The molecule has 2 rings (SSSR count). The zero-order valence-electron chi connectivity index (χ0n) is 12.2. The highest BCUT2D eigenvalue weighted by Gasteiger charge is 2.13. The van der Waals surface area contributed by atoms with Crippen molar-refractivity contribution < 1.29 is 0 Å². The average Bonchev–Trinajstić information content (AvgIpc) is 2.71. The maximum absolute atomic E-state index is 6.06. The van der Waals surface area contributed by atoms with Gasteiger partial charge in [-0.3, -0.25) is 0 Å². The summed E-state index contributed by atoms with van der Waals surface area (Å²) in [4.78, 5) is 0. The Labute approximate surface area is 129 Å². The van der Waals surface area contributed by atoms with Gasteiger partial charge in [0.05, 0.1) is 21.9 Å². The molecule has 0 saturated carbocycles. The summed E-state index contributed by atoms with van der Waals surface area (Å²) in [6.07, 6.45) is 1.89. The van der Waals surface area contributed by atoms with Crippen molar-refractivity contribution in [3.8, 4) is 5.69 Å². The lowest BCUT2D eigenvalue weighted by Gasteiger charge is -2.20. The maximum Gasteiger partial charge on any atom is 0.0664 e. The van der Waals surface area contributed by atoms with Crippen LogP contribution in [0.3, 0.4) is 0 Å². The van der Waals surface area contributed by atoms with Gasteiger partial charge in [0, 0.05) is 23.3 Å². The van der Waals surface area contributed by atoms with Crippen LogP contribution < -0.4 is 5.32 Å². The van der Waals surface area contributed by atoms with Crippen molar-refractivity contribution in [1.29, 1.82) is 0 Å². The molecule has 0 aliphatic rings. The molecule has 0 amide bonds. The number of halogens is 2. The van der Waals surface area contributed by atoms with E-state index in [2.05, 4.69) is 38.1 Å². The third-order valence-electron chi connectivity index (χ3n) is 3.07. The van der Waals surface area contributed by atoms with Gasteiger partial charge >= 0.3 is 0 Å². The Morgan fingerprint density at radius 1 is 1.20 bits per heavy atom. The highest BCUT2D eigenvalue weighted by Crippen LogP contribution is 2.25. The zero-order chi connectivity index (χ0) is 14.9. The van der Waals surface area contributed by atoms with Crippen LogP contribution in [0.1, 0.15) is 32.0 Å². The molecule has 108 valence electrons. The van der Waals surface area contributed by atoms with Gasteiger partial charge in [-0.1, -0.05) is 23.2 Å². The van der Waals surface area contributed by atoms with Crippen LogP contribution >= 0.6 is 23.2 Å². The van der Waals surface area contributed by atoms with Gasteiger partial charge < -0.3 is 5.32 Å². The van der Waals surface area contributed by atoms with Gasteiger partial charge in [-0.2, -0.15) is 5.10 Å². The summed E-state index contributed by atoms with van der Waals surface area (Å²) in [6.45, 7) is 9.27. The van der Waals surface area contributed by atoms with E-state index in [4.69, 9.17) is 23.2 Å². The lowest BCUT2D eigenvalue weighted by atomic mass is 10.1. The van der Waals surface area contributed by atoms with Gasteiger partial charge in [0.2, 0.25) is 0 Å². The predicted molar refractivity (Wildman–Crippen MR) is 84.9 cm³/mol. The first-order valence-corrected chi connectivity index (χ1v) is 7.27. The minimum Gasteiger partial charge on any atom is -0.308 e. The number of hydrogen-bond donors (Lipinski definition) is 1. The number of hydrogen-bond acceptors (Lipinski definition) is 2. The Morgan fingerprint density at radius 2 is 1.90 bits per heavy atom. The highest BCUT2D eigenvalue weighted by atomic mass is 35.5. The predicted octanol–water partition coefficient (Wildman–Crippen LogP) is 4.38. The molecule has 0 radical (unpaired) electrons. The summed E-state index contributed by atoms with van der Waals surface area (Å²) in [6, 6.07) is 5.52. The quantitative estimate of drug-likeness (QED) is 0.912. The fraction of sp³-hybridized carbons (Fsp3) is 0.400. The molecule has 1 aromatic heterocycles. The standard InChI is InChI=1S/C15H19Cl2N3/c1-10-11(8-18-15(2,3)4)9-19-20(10)12-5-6-13(16)14(17)7-12/h5-7,9,18H,8H2,1-4H3. The van der Waals surface area contributed by atoms with Crippen molar-refractivity contribution >= 4 is 23.2 Å². The highest BCUT2D eigenvalue weighted by molar-refractivity contribution is 6.42. The van der Waals surface area contributed by atoms with Gasteiger partial charge in [-0.15, -0.1) is 0 Å². The minimum absolute atomic E-state index is 0.0815. The van der Waals surface area contributed by atoms with Crippen LogP contribution in [0.2, 0.25) is 10.0 Å². The normalized spacial score (nSPS) is 11.9. The third kappa shape index (κ3) is 3.54. The van der Waals surface area contributed by atoms with Crippen molar-refractivity contribution in [2.45, 2.75) is 39.8 Å². The van der Waals surface area contributed by atoms with Crippen molar-refractivity contribution in [1.82, 2.24) is 15.1 Å². The van der Waals surface area contributed by atoms with Gasteiger partial charge in [0.15, 0.2) is 0 Å². The van der Waals surface area contributed by atoms with Gasteiger partial charge in [-0.05, 0) is 45.9 Å². The van der Waals surface area contributed by atoms with Crippen LogP contribution in [0, 0.1) is 6.92 Å². The zero-order valence-corrected chi connectivity index (χ0v) is 13.7. The second-order valence-corrected chi connectivity index (χ2v) is 6.68.